The average molecular weight is 411 g/mol. The molecule has 0 saturated heterocycles. The fraction of sp³-hybridized carbons (Fsp3) is 0.100. The monoisotopic (exact) mass is 411 g/mol. The number of nitrogens with zero attached hydrogens (tertiary/aromatic N) is 1. The molecule has 0 aliphatic rings. The van der Waals surface area contributed by atoms with E-state index in [-0.39, 0.29) is 0 Å². The van der Waals surface area contributed by atoms with Crippen molar-refractivity contribution in [1.82, 2.24) is 0 Å². The van der Waals surface area contributed by atoms with Gasteiger partial charge in [0, 0.05) is 0 Å². The van der Waals surface area contributed by atoms with Crippen LogP contribution in [0, 0.1) is 18.5 Å². The number of hydrogen-bond acceptors (Lipinski definition) is 2. The predicted octanol–water partition coefficient (Wildman–Crippen LogP) is 3.33. The lowest BCUT2D eigenvalue weighted by molar-refractivity contribution is 0.358. The van der Waals surface area contributed by atoms with Crippen molar-refractivity contribution in [2.75, 3.05) is 6.61 Å². The highest BCUT2D eigenvalue weighted by molar-refractivity contribution is 14.1. The van der Waals surface area contributed by atoms with Crippen LogP contribution < -0.4 is 4.74 Å². The molecule has 0 unspecified atom stereocenters. The maximum atomic E-state index is 8.74. The zero-order valence-electron chi connectivity index (χ0n) is 7.26. The SMILES string of the molecule is C=CCOc1c(I)cc(C#N)cc1I. The summed E-state index contributed by atoms with van der Waals surface area (Å²) in [5.74, 6) is 0.824. The van der Waals surface area contributed by atoms with Gasteiger partial charge in [-0.25, -0.2) is 0 Å². The van der Waals surface area contributed by atoms with Crippen LogP contribution in [-0.2, 0) is 0 Å². The van der Waals surface area contributed by atoms with Crippen LogP contribution in [0.2, 0.25) is 0 Å². The molecule has 0 atom stereocenters. The maximum absolute atomic E-state index is 8.74. The van der Waals surface area contributed by atoms with Gasteiger partial charge in [-0.2, -0.15) is 5.26 Å². The first kappa shape index (κ1) is 11.8. The molecule has 0 aliphatic heterocycles. The Morgan fingerprint density at radius 1 is 1.43 bits per heavy atom. The maximum Gasteiger partial charge on any atom is 0.146 e. The Hall–Kier alpha value is -0.290. The second-order valence-electron chi connectivity index (χ2n) is 2.48. The van der Waals surface area contributed by atoms with Gasteiger partial charge in [-0.1, -0.05) is 12.7 Å². The molecule has 0 amide bonds. The summed E-state index contributed by atoms with van der Waals surface area (Å²) >= 11 is 4.32. The molecule has 0 bridgehead atoms. The lowest BCUT2D eigenvalue weighted by Crippen LogP contribution is -1.98. The molecule has 0 aliphatic carbocycles. The van der Waals surface area contributed by atoms with E-state index in [1.807, 2.05) is 0 Å². The smallest absolute Gasteiger partial charge is 0.146 e. The van der Waals surface area contributed by atoms with Gasteiger partial charge in [0.1, 0.15) is 12.4 Å². The first-order valence-corrected chi connectivity index (χ1v) is 5.97. The summed E-state index contributed by atoms with van der Waals surface area (Å²) in [5.41, 5.74) is 0.657. The van der Waals surface area contributed by atoms with Gasteiger partial charge in [0.15, 0.2) is 0 Å². The molecule has 4 heteroatoms. The number of benzene rings is 1. The van der Waals surface area contributed by atoms with Crippen molar-refractivity contribution in [3.63, 3.8) is 0 Å². The highest BCUT2D eigenvalue weighted by atomic mass is 127. The molecule has 2 nitrogen and oxygen atoms in total. The van der Waals surface area contributed by atoms with Crippen LogP contribution in [0.4, 0.5) is 0 Å². The number of nitriles is 1. The predicted molar refractivity (Wildman–Crippen MR) is 72.3 cm³/mol. The average Bonchev–Trinajstić information content (AvgIpc) is 2.16. The fourth-order valence-corrected chi connectivity index (χ4v) is 2.98. The van der Waals surface area contributed by atoms with E-state index in [1.54, 1.807) is 18.2 Å². The van der Waals surface area contributed by atoms with E-state index in [4.69, 9.17) is 10.00 Å². The van der Waals surface area contributed by atoms with Crippen molar-refractivity contribution < 1.29 is 4.74 Å². The summed E-state index contributed by atoms with van der Waals surface area (Å²) < 4.78 is 7.38. The minimum atomic E-state index is 0.484. The zero-order valence-corrected chi connectivity index (χ0v) is 11.6. The minimum Gasteiger partial charge on any atom is -0.487 e. The lowest BCUT2D eigenvalue weighted by Gasteiger charge is -2.08. The lowest BCUT2D eigenvalue weighted by atomic mass is 10.2. The Morgan fingerprint density at radius 3 is 2.43 bits per heavy atom. The van der Waals surface area contributed by atoms with Crippen molar-refractivity contribution in [3.05, 3.63) is 37.5 Å². The number of halogens is 2. The van der Waals surface area contributed by atoms with Gasteiger partial charge < -0.3 is 4.74 Å². The van der Waals surface area contributed by atoms with Gasteiger partial charge in [-0.05, 0) is 57.3 Å². The summed E-state index contributed by atoms with van der Waals surface area (Å²) in [6.45, 7) is 4.07. The van der Waals surface area contributed by atoms with Gasteiger partial charge in [0.25, 0.3) is 0 Å². The Morgan fingerprint density at radius 2 is 2.00 bits per heavy atom. The van der Waals surface area contributed by atoms with E-state index in [9.17, 15) is 0 Å². The van der Waals surface area contributed by atoms with Crippen molar-refractivity contribution in [2.24, 2.45) is 0 Å². The molecule has 1 aromatic carbocycles. The molecule has 14 heavy (non-hydrogen) atoms. The summed E-state index contributed by atoms with van der Waals surface area (Å²) in [7, 11) is 0. The van der Waals surface area contributed by atoms with Crippen LogP contribution in [0.3, 0.4) is 0 Å². The molecule has 1 aromatic rings. The summed E-state index contributed by atoms with van der Waals surface area (Å²) in [6, 6.07) is 5.72. The molecule has 0 N–H and O–H groups in total. The van der Waals surface area contributed by atoms with Crippen LogP contribution >= 0.6 is 45.2 Å². The minimum absolute atomic E-state index is 0.484. The van der Waals surface area contributed by atoms with E-state index in [2.05, 4.69) is 57.8 Å². The zero-order chi connectivity index (χ0) is 10.6. The summed E-state index contributed by atoms with van der Waals surface area (Å²) in [6.07, 6.45) is 1.70. The molecule has 0 spiro atoms. The molecule has 0 fully saturated rings. The Bertz CT molecular complexity index is 373. The standard InChI is InChI=1S/C10H7I2NO/c1-2-3-14-10-8(11)4-7(6-13)5-9(10)12/h2,4-5H,1,3H2. The molecular weight excluding hydrogens is 404 g/mol. The normalized spacial score (nSPS) is 9.21. The van der Waals surface area contributed by atoms with Crippen LogP contribution in [0.1, 0.15) is 5.56 Å². The quantitative estimate of drug-likeness (QED) is 0.565. The molecular formula is C10H7I2NO. The Kier molecular flexibility index (Phi) is 4.68. The van der Waals surface area contributed by atoms with Crippen molar-refractivity contribution in [3.8, 4) is 11.8 Å². The summed E-state index contributed by atoms with van der Waals surface area (Å²) in [5, 5.41) is 8.74. The summed E-state index contributed by atoms with van der Waals surface area (Å²) in [4.78, 5) is 0. The van der Waals surface area contributed by atoms with Gasteiger partial charge >= 0.3 is 0 Å². The van der Waals surface area contributed by atoms with E-state index in [0.29, 0.717) is 12.2 Å². The topological polar surface area (TPSA) is 33.0 Å². The first-order chi connectivity index (χ1) is 6.69. The van der Waals surface area contributed by atoms with E-state index >= 15 is 0 Å². The van der Waals surface area contributed by atoms with E-state index in [0.717, 1.165) is 12.9 Å². The van der Waals surface area contributed by atoms with Crippen molar-refractivity contribution in [2.45, 2.75) is 0 Å². The molecule has 0 aromatic heterocycles. The van der Waals surface area contributed by atoms with Crippen LogP contribution in [0.15, 0.2) is 24.8 Å². The van der Waals surface area contributed by atoms with E-state index < -0.39 is 0 Å². The largest absolute Gasteiger partial charge is 0.487 e. The van der Waals surface area contributed by atoms with Gasteiger partial charge in [0.05, 0.1) is 18.8 Å². The third kappa shape index (κ3) is 2.85. The van der Waals surface area contributed by atoms with Crippen molar-refractivity contribution in [1.29, 1.82) is 5.26 Å². The Balaban J connectivity index is 3.06. The van der Waals surface area contributed by atoms with Crippen LogP contribution in [0.5, 0.6) is 5.75 Å². The van der Waals surface area contributed by atoms with Crippen molar-refractivity contribution >= 4 is 45.2 Å². The molecule has 72 valence electrons. The third-order valence-electron chi connectivity index (χ3n) is 1.47. The van der Waals surface area contributed by atoms with Gasteiger partial charge in [0.2, 0.25) is 0 Å². The highest BCUT2D eigenvalue weighted by Gasteiger charge is 2.07. The van der Waals surface area contributed by atoms with Crippen LogP contribution in [-0.4, -0.2) is 6.61 Å². The molecule has 0 saturated carbocycles. The second kappa shape index (κ2) is 5.56. The number of rotatable bonds is 3. The van der Waals surface area contributed by atoms with Gasteiger partial charge in [-0.3, -0.25) is 0 Å². The van der Waals surface area contributed by atoms with Gasteiger partial charge in [-0.15, -0.1) is 0 Å². The van der Waals surface area contributed by atoms with Crippen LogP contribution in [0.25, 0.3) is 0 Å². The Labute approximate surface area is 110 Å². The first-order valence-electron chi connectivity index (χ1n) is 3.82. The molecule has 1 rings (SSSR count). The highest BCUT2D eigenvalue weighted by Crippen LogP contribution is 2.28. The molecule has 0 heterocycles. The number of ether oxygens (including phenoxy) is 1. The van der Waals surface area contributed by atoms with E-state index in [1.165, 1.54) is 0 Å². The fourth-order valence-electron chi connectivity index (χ4n) is 0.905. The number of hydrogen-bond donors (Lipinski definition) is 0. The third-order valence-corrected chi connectivity index (χ3v) is 3.08. The second-order valence-corrected chi connectivity index (χ2v) is 4.80. The molecule has 0 radical (unpaired) electrons.